The van der Waals surface area contributed by atoms with Crippen molar-refractivity contribution in [1.82, 2.24) is 4.57 Å². The highest BCUT2D eigenvalue weighted by Gasteiger charge is 2.45. The number of hydrogen-bond donors (Lipinski definition) is 0. The maximum Gasteiger partial charge on any atom is 0.311 e. The van der Waals surface area contributed by atoms with E-state index < -0.39 is 17.9 Å². The summed E-state index contributed by atoms with van der Waals surface area (Å²) in [4.78, 5) is 11.8. The van der Waals surface area contributed by atoms with Gasteiger partial charge < -0.3 is 9.30 Å². The number of esters is 1. The van der Waals surface area contributed by atoms with Gasteiger partial charge >= 0.3 is 5.97 Å². The van der Waals surface area contributed by atoms with Crippen molar-refractivity contribution in [3.63, 3.8) is 0 Å². The van der Waals surface area contributed by atoms with Gasteiger partial charge in [-0.2, -0.15) is 0 Å². The van der Waals surface area contributed by atoms with Crippen LogP contribution in [0.4, 0.5) is 8.78 Å². The second-order valence-corrected chi connectivity index (χ2v) is 4.65. The molecule has 1 aliphatic rings. The minimum absolute atomic E-state index is 0.175. The summed E-state index contributed by atoms with van der Waals surface area (Å²) < 4.78 is 33.7. The Morgan fingerprint density at radius 1 is 1.44 bits per heavy atom. The van der Waals surface area contributed by atoms with Gasteiger partial charge in [0.15, 0.2) is 0 Å². The van der Waals surface area contributed by atoms with E-state index in [0.717, 1.165) is 0 Å². The average molecular weight is 257 g/mol. The highest BCUT2D eigenvalue weighted by Crippen LogP contribution is 2.43. The summed E-state index contributed by atoms with van der Waals surface area (Å²) >= 11 is 0. The molecule has 3 nitrogen and oxygen atoms in total. The summed E-state index contributed by atoms with van der Waals surface area (Å²) in [6, 6.07) is 3.03. The molecule has 0 N–H and O–H groups in total. The third-order valence-corrected chi connectivity index (χ3v) is 3.39. The second-order valence-electron chi connectivity index (χ2n) is 4.65. The fourth-order valence-electron chi connectivity index (χ4n) is 2.52. The Bertz CT molecular complexity index is 403. The lowest BCUT2D eigenvalue weighted by Crippen LogP contribution is -2.38. The highest BCUT2D eigenvalue weighted by atomic mass is 19.3. The smallest absolute Gasteiger partial charge is 0.311 e. The summed E-state index contributed by atoms with van der Waals surface area (Å²) in [5.41, 5.74) is 0. The first-order valence-corrected chi connectivity index (χ1v) is 6.20. The Kier molecular flexibility index (Phi) is 3.68. The van der Waals surface area contributed by atoms with E-state index in [1.165, 1.54) is 0 Å². The number of rotatable bonds is 3. The summed E-state index contributed by atoms with van der Waals surface area (Å²) in [6.45, 7) is 2.00. The van der Waals surface area contributed by atoms with Crippen LogP contribution >= 0.6 is 0 Å². The molecule has 100 valence electrons. The molecule has 0 spiro atoms. The molecule has 2 atom stereocenters. The number of hydrogen-bond acceptors (Lipinski definition) is 2. The highest BCUT2D eigenvalue weighted by molar-refractivity contribution is 5.73. The van der Waals surface area contributed by atoms with Crippen LogP contribution in [0.2, 0.25) is 0 Å². The van der Waals surface area contributed by atoms with Crippen molar-refractivity contribution < 1.29 is 18.3 Å². The fourth-order valence-corrected chi connectivity index (χ4v) is 2.52. The molecule has 0 radical (unpaired) electrons. The van der Waals surface area contributed by atoms with Crippen LogP contribution in [0.3, 0.4) is 0 Å². The Labute approximate surface area is 105 Å². The van der Waals surface area contributed by atoms with Crippen LogP contribution in [0.1, 0.15) is 32.2 Å². The maximum atomic E-state index is 13.5. The zero-order valence-electron chi connectivity index (χ0n) is 10.3. The van der Waals surface area contributed by atoms with Gasteiger partial charge in [0.25, 0.3) is 0 Å². The minimum atomic E-state index is -2.70. The first-order chi connectivity index (χ1) is 8.53. The number of halogens is 2. The number of ether oxygens (including phenoxy) is 1. The summed E-state index contributed by atoms with van der Waals surface area (Å²) in [7, 11) is 0. The minimum Gasteiger partial charge on any atom is -0.466 e. The van der Waals surface area contributed by atoms with Gasteiger partial charge in [-0.3, -0.25) is 4.79 Å². The third kappa shape index (κ3) is 2.71. The Balaban J connectivity index is 2.20. The Morgan fingerprint density at radius 3 is 2.72 bits per heavy atom. The van der Waals surface area contributed by atoms with Crippen molar-refractivity contribution >= 4 is 5.97 Å². The van der Waals surface area contributed by atoms with E-state index in [1.54, 1.807) is 36.0 Å². The van der Waals surface area contributed by atoms with Crippen LogP contribution in [0.5, 0.6) is 0 Å². The van der Waals surface area contributed by atoms with Gasteiger partial charge in [-0.15, -0.1) is 0 Å². The number of carbonyl (C=O) groups excluding carboxylic acids is 1. The number of alkyl halides is 2. The molecule has 1 heterocycles. The summed E-state index contributed by atoms with van der Waals surface area (Å²) in [6.07, 6.45) is 3.07. The molecular formula is C13H17F2NO2. The van der Waals surface area contributed by atoms with Gasteiger partial charge in [0.1, 0.15) is 0 Å². The SMILES string of the molecule is CCOC(=O)[C@H]1CCC(F)(F)C[C@@H]1n1cccc1. The van der Waals surface area contributed by atoms with E-state index in [0.29, 0.717) is 0 Å². The van der Waals surface area contributed by atoms with E-state index in [9.17, 15) is 13.6 Å². The predicted molar refractivity (Wildman–Crippen MR) is 62.4 cm³/mol. The van der Waals surface area contributed by atoms with E-state index in [-0.39, 0.29) is 31.8 Å². The van der Waals surface area contributed by atoms with Gasteiger partial charge in [0.05, 0.1) is 18.6 Å². The monoisotopic (exact) mass is 257 g/mol. The van der Waals surface area contributed by atoms with Crippen LogP contribution < -0.4 is 0 Å². The molecule has 0 aliphatic heterocycles. The Morgan fingerprint density at radius 2 is 2.11 bits per heavy atom. The third-order valence-electron chi connectivity index (χ3n) is 3.39. The zero-order valence-corrected chi connectivity index (χ0v) is 10.3. The molecule has 1 fully saturated rings. The number of nitrogens with zero attached hydrogens (tertiary/aromatic N) is 1. The first-order valence-electron chi connectivity index (χ1n) is 6.20. The molecule has 0 amide bonds. The van der Waals surface area contributed by atoms with Gasteiger partial charge in [-0.1, -0.05) is 0 Å². The van der Waals surface area contributed by atoms with Crippen LogP contribution in [0.15, 0.2) is 24.5 Å². The van der Waals surface area contributed by atoms with Gasteiger partial charge in [0, 0.05) is 25.2 Å². The van der Waals surface area contributed by atoms with Gasteiger partial charge in [-0.25, -0.2) is 8.78 Å². The molecule has 1 aliphatic carbocycles. The molecule has 0 saturated heterocycles. The van der Waals surface area contributed by atoms with Gasteiger partial charge in [0.2, 0.25) is 5.92 Å². The standard InChI is InChI=1S/C13H17F2NO2/c1-2-18-12(17)10-5-6-13(14,15)9-11(10)16-7-3-4-8-16/h3-4,7-8,10-11H,2,5-6,9H2,1H3/t10-,11-/m0/s1. The summed E-state index contributed by atoms with van der Waals surface area (Å²) in [5.74, 6) is -3.54. The number of aromatic nitrogens is 1. The zero-order chi connectivity index (χ0) is 13.2. The second kappa shape index (κ2) is 5.08. The molecule has 0 unspecified atom stereocenters. The van der Waals surface area contributed by atoms with Crippen LogP contribution in [0, 0.1) is 5.92 Å². The summed E-state index contributed by atoms with van der Waals surface area (Å²) in [5, 5.41) is 0. The maximum absolute atomic E-state index is 13.5. The molecule has 18 heavy (non-hydrogen) atoms. The lowest BCUT2D eigenvalue weighted by Gasteiger charge is -2.35. The average Bonchev–Trinajstić information content (AvgIpc) is 2.81. The van der Waals surface area contributed by atoms with Crippen molar-refractivity contribution in [2.24, 2.45) is 5.92 Å². The van der Waals surface area contributed by atoms with Crippen molar-refractivity contribution in [3.05, 3.63) is 24.5 Å². The molecule has 2 rings (SSSR count). The largest absolute Gasteiger partial charge is 0.466 e. The van der Waals surface area contributed by atoms with Crippen LogP contribution in [-0.2, 0) is 9.53 Å². The van der Waals surface area contributed by atoms with Crippen molar-refractivity contribution in [2.45, 2.75) is 38.2 Å². The molecule has 1 aromatic heterocycles. The fraction of sp³-hybridized carbons (Fsp3) is 0.615. The molecular weight excluding hydrogens is 240 g/mol. The molecule has 0 aromatic carbocycles. The van der Waals surface area contributed by atoms with Crippen molar-refractivity contribution in [3.8, 4) is 0 Å². The topological polar surface area (TPSA) is 31.2 Å². The lowest BCUT2D eigenvalue weighted by atomic mass is 9.82. The van der Waals surface area contributed by atoms with E-state index in [2.05, 4.69) is 0 Å². The predicted octanol–water partition coefficient (Wildman–Crippen LogP) is 3.03. The molecule has 1 aromatic rings. The first kappa shape index (κ1) is 13.1. The molecule has 5 heteroatoms. The Hall–Kier alpha value is -1.39. The van der Waals surface area contributed by atoms with E-state index in [4.69, 9.17) is 4.74 Å². The van der Waals surface area contributed by atoms with Crippen molar-refractivity contribution in [2.75, 3.05) is 6.61 Å². The van der Waals surface area contributed by atoms with Crippen molar-refractivity contribution in [1.29, 1.82) is 0 Å². The van der Waals surface area contributed by atoms with E-state index in [1.807, 2.05) is 0 Å². The van der Waals surface area contributed by atoms with E-state index >= 15 is 0 Å². The quantitative estimate of drug-likeness (QED) is 0.779. The van der Waals surface area contributed by atoms with Crippen LogP contribution in [-0.4, -0.2) is 23.1 Å². The molecule has 0 bridgehead atoms. The normalized spacial score (nSPS) is 26.8. The van der Waals surface area contributed by atoms with Gasteiger partial charge in [-0.05, 0) is 25.5 Å². The lowest BCUT2D eigenvalue weighted by molar-refractivity contribution is -0.155. The number of carbonyl (C=O) groups is 1. The molecule has 1 saturated carbocycles. The van der Waals surface area contributed by atoms with Crippen LogP contribution in [0.25, 0.3) is 0 Å².